The van der Waals surface area contributed by atoms with Gasteiger partial charge in [0.05, 0.1) is 32.9 Å². The summed E-state index contributed by atoms with van der Waals surface area (Å²) >= 11 is 7.23. The van der Waals surface area contributed by atoms with Gasteiger partial charge < -0.3 is 5.32 Å². The SMILES string of the molecule is CC(C)(C)S(=O)(=O)CCNc1c(Cl)ccc2nsnc12. The lowest BCUT2D eigenvalue weighted by Gasteiger charge is -2.19. The van der Waals surface area contributed by atoms with Crippen molar-refractivity contribution in [3.8, 4) is 0 Å². The Balaban J connectivity index is 2.15. The molecule has 0 unspecified atom stereocenters. The molecule has 2 aromatic rings. The molecule has 0 fully saturated rings. The minimum absolute atomic E-state index is 0.0424. The molecule has 0 aliphatic rings. The van der Waals surface area contributed by atoms with E-state index in [1.54, 1.807) is 32.9 Å². The second-order valence-corrected chi connectivity index (χ2v) is 9.21. The maximum atomic E-state index is 12.0. The molecule has 0 atom stereocenters. The van der Waals surface area contributed by atoms with Gasteiger partial charge in [-0.3, -0.25) is 0 Å². The van der Waals surface area contributed by atoms with E-state index < -0.39 is 14.6 Å². The third kappa shape index (κ3) is 3.05. The minimum Gasteiger partial charge on any atom is -0.381 e. The van der Waals surface area contributed by atoms with Crippen LogP contribution in [0.4, 0.5) is 5.69 Å². The van der Waals surface area contributed by atoms with Crippen molar-refractivity contribution in [2.45, 2.75) is 25.5 Å². The number of aromatic nitrogens is 2. The van der Waals surface area contributed by atoms with Crippen LogP contribution in [-0.2, 0) is 9.84 Å². The van der Waals surface area contributed by atoms with Gasteiger partial charge in [0.15, 0.2) is 9.84 Å². The molecule has 1 heterocycles. The van der Waals surface area contributed by atoms with E-state index in [1.807, 2.05) is 0 Å². The van der Waals surface area contributed by atoms with Gasteiger partial charge in [-0.15, -0.1) is 0 Å². The summed E-state index contributed by atoms with van der Waals surface area (Å²) in [5.74, 6) is 0.0424. The van der Waals surface area contributed by atoms with Crippen LogP contribution < -0.4 is 5.32 Å². The van der Waals surface area contributed by atoms with E-state index in [2.05, 4.69) is 14.1 Å². The van der Waals surface area contributed by atoms with Gasteiger partial charge in [0.2, 0.25) is 0 Å². The summed E-state index contributed by atoms with van der Waals surface area (Å²) in [5, 5.41) is 3.58. The van der Waals surface area contributed by atoms with Gasteiger partial charge >= 0.3 is 0 Å². The van der Waals surface area contributed by atoms with Crippen LogP contribution in [0.3, 0.4) is 0 Å². The lowest BCUT2D eigenvalue weighted by molar-refractivity contribution is 0.560. The van der Waals surface area contributed by atoms with Gasteiger partial charge in [-0.05, 0) is 32.9 Å². The number of hydrogen-bond acceptors (Lipinski definition) is 6. The van der Waals surface area contributed by atoms with Crippen molar-refractivity contribution >= 4 is 49.9 Å². The van der Waals surface area contributed by atoms with Crippen molar-refractivity contribution < 1.29 is 8.42 Å². The third-order valence-electron chi connectivity index (χ3n) is 2.98. The molecule has 0 aliphatic heterocycles. The summed E-state index contributed by atoms with van der Waals surface area (Å²) in [6.45, 7) is 5.37. The smallest absolute Gasteiger partial charge is 0.156 e. The molecule has 5 nitrogen and oxygen atoms in total. The highest BCUT2D eigenvalue weighted by Gasteiger charge is 2.28. The molecule has 1 aromatic heterocycles. The number of halogens is 1. The average Bonchev–Trinajstić information content (AvgIpc) is 2.78. The number of anilines is 1. The van der Waals surface area contributed by atoms with Gasteiger partial charge in [0, 0.05) is 6.54 Å². The monoisotopic (exact) mass is 333 g/mol. The molecule has 1 aromatic carbocycles. The predicted octanol–water partition coefficient (Wildman–Crippen LogP) is 2.97. The van der Waals surface area contributed by atoms with Crippen LogP contribution in [0.15, 0.2) is 12.1 Å². The minimum atomic E-state index is -3.16. The number of hydrogen-bond donors (Lipinski definition) is 1. The number of sulfone groups is 1. The van der Waals surface area contributed by atoms with E-state index in [9.17, 15) is 8.42 Å². The standard InChI is InChI=1S/C12H16ClN3O2S2/c1-12(2,3)20(17,18)7-6-14-10-8(13)4-5-9-11(10)16-19-15-9/h4-5,14H,6-7H2,1-3H3. The molecule has 8 heteroatoms. The Bertz CT molecular complexity index is 720. The second-order valence-electron chi connectivity index (χ2n) is 5.41. The fourth-order valence-corrected chi connectivity index (χ4v) is 3.36. The van der Waals surface area contributed by atoms with Crippen molar-refractivity contribution in [1.82, 2.24) is 8.75 Å². The number of nitrogens with one attached hydrogen (secondary N) is 1. The van der Waals surface area contributed by atoms with Gasteiger partial charge in [0.25, 0.3) is 0 Å². The summed E-state index contributed by atoms with van der Waals surface area (Å²) < 4.78 is 31.6. The molecule has 0 spiro atoms. The van der Waals surface area contributed by atoms with Gasteiger partial charge in [0.1, 0.15) is 11.0 Å². The van der Waals surface area contributed by atoms with Crippen LogP contribution in [-0.4, -0.2) is 34.2 Å². The molecule has 0 saturated carbocycles. The molecular formula is C12H16ClN3O2S2. The molecule has 20 heavy (non-hydrogen) atoms. The van der Waals surface area contributed by atoms with Crippen LogP contribution in [0.5, 0.6) is 0 Å². The van der Waals surface area contributed by atoms with Gasteiger partial charge in [-0.1, -0.05) is 11.6 Å². The zero-order chi connectivity index (χ0) is 15.0. The Morgan fingerprint density at radius 1 is 1.30 bits per heavy atom. The van der Waals surface area contributed by atoms with E-state index in [0.29, 0.717) is 16.2 Å². The van der Waals surface area contributed by atoms with Gasteiger partial charge in [-0.25, -0.2) is 8.42 Å². The van der Waals surface area contributed by atoms with E-state index in [1.165, 1.54) is 0 Å². The summed E-state index contributed by atoms with van der Waals surface area (Å²) in [4.78, 5) is 0. The first-order valence-electron chi connectivity index (χ1n) is 6.09. The van der Waals surface area contributed by atoms with Crippen LogP contribution >= 0.6 is 23.3 Å². The number of fused-ring (bicyclic) bond motifs is 1. The van der Waals surface area contributed by atoms with E-state index in [0.717, 1.165) is 17.2 Å². The Morgan fingerprint density at radius 2 is 2.00 bits per heavy atom. The molecule has 1 N–H and O–H groups in total. The van der Waals surface area contributed by atoms with Crippen molar-refractivity contribution in [3.63, 3.8) is 0 Å². The number of benzene rings is 1. The molecule has 0 bridgehead atoms. The number of rotatable bonds is 4. The van der Waals surface area contributed by atoms with Crippen LogP contribution in [0.25, 0.3) is 11.0 Å². The highest BCUT2D eigenvalue weighted by Crippen LogP contribution is 2.29. The fourth-order valence-electron chi connectivity index (χ4n) is 1.61. The fraction of sp³-hybridized carbons (Fsp3) is 0.500. The summed E-state index contributed by atoms with van der Waals surface area (Å²) in [7, 11) is -3.16. The number of nitrogens with zero attached hydrogens (tertiary/aromatic N) is 2. The normalized spacial score (nSPS) is 12.8. The Labute approximate surface area is 127 Å². The highest BCUT2D eigenvalue weighted by atomic mass is 35.5. The highest BCUT2D eigenvalue weighted by molar-refractivity contribution is 7.92. The Kier molecular flexibility index (Phi) is 4.22. The zero-order valence-corrected chi connectivity index (χ0v) is 13.9. The summed E-state index contributed by atoms with van der Waals surface area (Å²) in [6.07, 6.45) is 0. The topological polar surface area (TPSA) is 72.0 Å². The van der Waals surface area contributed by atoms with Crippen LogP contribution in [0.1, 0.15) is 20.8 Å². The molecular weight excluding hydrogens is 318 g/mol. The first-order valence-corrected chi connectivity index (χ1v) is 8.85. The molecule has 0 amide bonds. The molecule has 2 rings (SSSR count). The average molecular weight is 334 g/mol. The molecule has 0 aliphatic carbocycles. The lowest BCUT2D eigenvalue weighted by atomic mass is 10.2. The van der Waals surface area contributed by atoms with E-state index in [-0.39, 0.29) is 12.3 Å². The molecule has 0 radical (unpaired) electrons. The van der Waals surface area contributed by atoms with Crippen LogP contribution in [0.2, 0.25) is 5.02 Å². The maximum absolute atomic E-state index is 12.0. The quantitative estimate of drug-likeness (QED) is 0.931. The summed E-state index contributed by atoms with van der Waals surface area (Å²) in [6, 6.07) is 3.52. The maximum Gasteiger partial charge on any atom is 0.156 e. The third-order valence-corrected chi connectivity index (χ3v) is 6.45. The lowest BCUT2D eigenvalue weighted by Crippen LogP contribution is -2.32. The van der Waals surface area contributed by atoms with Crippen molar-refractivity contribution in [1.29, 1.82) is 0 Å². The predicted molar refractivity (Wildman–Crippen MR) is 84.5 cm³/mol. The van der Waals surface area contributed by atoms with Crippen molar-refractivity contribution in [3.05, 3.63) is 17.2 Å². The summed E-state index contributed by atoms with van der Waals surface area (Å²) in [5.41, 5.74) is 2.07. The first kappa shape index (κ1) is 15.5. The Hall–Kier alpha value is -0.920. The second kappa shape index (κ2) is 5.46. The molecule has 110 valence electrons. The van der Waals surface area contributed by atoms with Crippen molar-refractivity contribution in [2.75, 3.05) is 17.6 Å². The molecule has 0 saturated heterocycles. The zero-order valence-electron chi connectivity index (χ0n) is 11.5. The van der Waals surface area contributed by atoms with E-state index in [4.69, 9.17) is 11.6 Å². The first-order chi connectivity index (χ1) is 9.22. The van der Waals surface area contributed by atoms with Crippen molar-refractivity contribution in [2.24, 2.45) is 0 Å². The van der Waals surface area contributed by atoms with Gasteiger partial charge in [-0.2, -0.15) is 8.75 Å². The largest absolute Gasteiger partial charge is 0.381 e. The van der Waals surface area contributed by atoms with Crippen LogP contribution in [0, 0.1) is 0 Å². The Morgan fingerprint density at radius 3 is 2.65 bits per heavy atom. The van der Waals surface area contributed by atoms with E-state index >= 15 is 0 Å².